The Bertz CT molecular complexity index is 472. The van der Waals surface area contributed by atoms with Crippen molar-refractivity contribution in [2.24, 2.45) is 5.41 Å². The van der Waals surface area contributed by atoms with Gasteiger partial charge < -0.3 is 10.6 Å². The molecule has 1 aliphatic rings. The van der Waals surface area contributed by atoms with E-state index in [2.05, 4.69) is 22.5 Å². The minimum absolute atomic E-state index is 0.0622. The van der Waals surface area contributed by atoms with Crippen molar-refractivity contribution in [2.75, 3.05) is 23.7 Å². The third-order valence-electron chi connectivity index (χ3n) is 3.64. The second-order valence-corrected chi connectivity index (χ2v) is 5.40. The third-order valence-corrected chi connectivity index (χ3v) is 3.64. The number of pyridine rings is 1. The van der Waals surface area contributed by atoms with Gasteiger partial charge in [0, 0.05) is 13.1 Å². The zero-order valence-electron chi connectivity index (χ0n) is 11.4. The molecule has 0 aromatic carbocycles. The molecule has 6 heteroatoms. The van der Waals surface area contributed by atoms with E-state index in [4.69, 9.17) is 0 Å². The van der Waals surface area contributed by atoms with Crippen molar-refractivity contribution in [2.45, 2.75) is 33.1 Å². The molecule has 19 heavy (non-hydrogen) atoms. The molecule has 0 unspecified atom stereocenters. The monoisotopic (exact) mass is 264 g/mol. The van der Waals surface area contributed by atoms with Crippen LogP contribution >= 0.6 is 0 Å². The molecule has 1 fully saturated rings. The highest BCUT2D eigenvalue weighted by molar-refractivity contribution is 5.54. The van der Waals surface area contributed by atoms with Gasteiger partial charge in [-0.2, -0.15) is 0 Å². The van der Waals surface area contributed by atoms with Crippen LogP contribution in [0.2, 0.25) is 0 Å². The van der Waals surface area contributed by atoms with Crippen molar-refractivity contribution < 1.29 is 4.92 Å². The Labute approximate surface area is 112 Å². The molecule has 0 bridgehead atoms. The minimum atomic E-state index is -0.390. The van der Waals surface area contributed by atoms with Gasteiger partial charge in [0.25, 0.3) is 5.69 Å². The van der Waals surface area contributed by atoms with Crippen LogP contribution in [0.15, 0.2) is 12.1 Å². The molecule has 0 aliphatic heterocycles. The number of hydrogen-bond acceptors (Lipinski definition) is 5. The summed E-state index contributed by atoms with van der Waals surface area (Å²) in [4.78, 5) is 14.9. The summed E-state index contributed by atoms with van der Waals surface area (Å²) in [5.74, 6) is 1.11. The Balaban J connectivity index is 2.11. The Morgan fingerprint density at radius 1 is 1.37 bits per heavy atom. The van der Waals surface area contributed by atoms with E-state index in [1.165, 1.54) is 31.4 Å². The summed E-state index contributed by atoms with van der Waals surface area (Å²) in [6, 6.07) is 2.95. The lowest BCUT2D eigenvalue weighted by molar-refractivity contribution is -0.384. The first-order valence-corrected chi connectivity index (χ1v) is 6.67. The molecule has 0 amide bonds. The normalized spacial score (nSPS) is 16.5. The predicted octanol–water partition coefficient (Wildman–Crippen LogP) is 3.02. The van der Waals surface area contributed by atoms with Gasteiger partial charge in [-0.05, 0) is 25.2 Å². The van der Waals surface area contributed by atoms with Gasteiger partial charge in [0.2, 0.25) is 0 Å². The highest BCUT2D eigenvalue weighted by Crippen LogP contribution is 2.40. The summed E-state index contributed by atoms with van der Waals surface area (Å²) in [5, 5.41) is 17.1. The van der Waals surface area contributed by atoms with Crippen molar-refractivity contribution in [3.8, 4) is 0 Å². The predicted molar refractivity (Wildman–Crippen MR) is 75.5 cm³/mol. The Hall–Kier alpha value is -1.85. The van der Waals surface area contributed by atoms with E-state index in [0.717, 1.165) is 6.54 Å². The van der Waals surface area contributed by atoms with Gasteiger partial charge in [-0.3, -0.25) is 10.1 Å². The van der Waals surface area contributed by atoms with E-state index in [1.807, 2.05) is 6.92 Å². The number of nitrogens with one attached hydrogen (secondary N) is 2. The first-order valence-electron chi connectivity index (χ1n) is 6.67. The zero-order chi connectivity index (χ0) is 13.9. The van der Waals surface area contributed by atoms with Crippen LogP contribution in [0.4, 0.5) is 17.3 Å². The maximum absolute atomic E-state index is 10.9. The highest BCUT2D eigenvalue weighted by atomic mass is 16.6. The van der Waals surface area contributed by atoms with E-state index in [0.29, 0.717) is 23.6 Å². The molecule has 6 nitrogen and oxygen atoms in total. The van der Waals surface area contributed by atoms with Gasteiger partial charge in [0.15, 0.2) is 0 Å². The van der Waals surface area contributed by atoms with Crippen LogP contribution in [0, 0.1) is 15.5 Å². The van der Waals surface area contributed by atoms with Gasteiger partial charge in [-0.25, -0.2) is 4.98 Å². The molecule has 1 aliphatic carbocycles. The van der Waals surface area contributed by atoms with E-state index in [9.17, 15) is 10.1 Å². The molecule has 1 saturated carbocycles. The summed E-state index contributed by atoms with van der Waals surface area (Å²) < 4.78 is 0. The summed E-state index contributed by atoms with van der Waals surface area (Å²) in [6.07, 6.45) is 3.67. The average molecular weight is 264 g/mol. The topological polar surface area (TPSA) is 80.1 Å². The Morgan fingerprint density at radius 2 is 2.00 bits per heavy atom. The van der Waals surface area contributed by atoms with Crippen LogP contribution in [0.3, 0.4) is 0 Å². The molecule has 1 heterocycles. The van der Waals surface area contributed by atoms with Crippen LogP contribution in [0.25, 0.3) is 0 Å². The molecule has 0 saturated heterocycles. The minimum Gasteiger partial charge on any atom is -0.370 e. The fraction of sp³-hybridized carbons (Fsp3) is 0.615. The van der Waals surface area contributed by atoms with E-state index in [1.54, 1.807) is 0 Å². The molecule has 0 atom stereocenters. The van der Waals surface area contributed by atoms with Crippen molar-refractivity contribution in [1.29, 1.82) is 0 Å². The first-order chi connectivity index (χ1) is 9.02. The number of hydrogen-bond donors (Lipinski definition) is 2. The SMILES string of the molecule is CCNc1cc([N+](=O)[O-])cc(NCC2(C)CCC2)n1. The average Bonchev–Trinajstić information content (AvgIpc) is 2.34. The number of nitrogens with zero attached hydrogens (tertiary/aromatic N) is 2. The summed E-state index contributed by atoms with van der Waals surface area (Å²) >= 11 is 0. The van der Waals surface area contributed by atoms with Crippen LogP contribution < -0.4 is 10.6 Å². The van der Waals surface area contributed by atoms with Crippen molar-refractivity contribution in [3.63, 3.8) is 0 Å². The second kappa shape index (κ2) is 5.42. The van der Waals surface area contributed by atoms with Gasteiger partial charge in [0.1, 0.15) is 11.6 Å². The number of aromatic nitrogens is 1. The maximum atomic E-state index is 10.9. The lowest BCUT2D eigenvalue weighted by atomic mass is 9.70. The van der Waals surface area contributed by atoms with Gasteiger partial charge in [-0.15, -0.1) is 0 Å². The van der Waals surface area contributed by atoms with Crippen LogP contribution in [-0.2, 0) is 0 Å². The smallest absolute Gasteiger partial charge is 0.276 e. The number of rotatable bonds is 6. The van der Waals surface area contributed by atoms with Crippen molar-refractivity contribution in [3.05, 3.63) is 22.2 Å². The fourth-order valence-electron chi connectivity index (χ4n) is 2.24. The third kappa shape index (κ3) is 3.33. The van der Waals surface area contributed by atoms with Crippen LogP contribution in [-0.4, -0.2) is 23.0 Å². The Morgan fingerprint density at radius 3 is 2.47 bits per heavy atom. The second-order valence-electron chi connectivity index (χ2n) is 5.40. The largest absolute Gasteiger partial charge is 0.370 e. The molecule has 104 valence electrons. The molecule has 2 N–H and O–H groups in total. The number of nitro groups is 1. The van der Waals surface area contributed by atoms with Crippen LogP contribution in [0.5, 0.6) is 0 Å². The lowest BCUT2D eigenvalue weighted by Crippen LogP contribution is -2.33. The van der Waals surface area contributed by atoms with Gasteiger partial charge in [0.05, 0.1) is 17.1 Å². The van der Waals surface area contributed by atoms with Gasteiger partial charge >= 0.3 is 0 Å². The quantitative estimate of drug-likeness (QED) is 0.609. The molecule has 0 radical (unpaired) electrons. The molecular weight excluding hydrogens is 244 g/mol. The molecule has 1 aromatic heterocycles. The molecule has 2 rings (SSSR count). The van der Waals surface area contributed by atoms with Crippen molar-refractivity contribution in [1.82, 2.24) is 4.98 Å². The molecule has 0 spiro atoms. The maximum Gasteiger partial charge on any atom is 0.276 e. The van der Waals surface area contributed by atoms with E-state index in [-0.39, 0.29) is 5.69 Å². The Kier molecular flexibility index (Phi) is 3.87. The highest BCUT2D eigenvalue weighted by Gasteiger charge is 2.31. The standard InChI is InChI=1S/C13H20N4O2/c1-3-14-11-7-10(17(18)19)8-12(16-11)15-9-13(2)5-4-6-13/h7-8H,3-6,9H2,1-2H3,(H2,14,15,16). The van der Waals surface area contributed by atoms with E-state index >= 15 is 0 Å². The summed E-state index contributed by atoms with van der Waals surface area (Å²) in [6.45, 7) is 5.66. The number of anilines is 2. The van der Waals surface area contributed by atoms with E-state index < -0.39 is 4.92 Å². The fourth-order valence-corrected chi connectivity index (χ4v) is 2.24. The van der Waals surface area contributed by atoms with Crippen LogP contribution in [0.1, 0.15) is 33.1 Å². The zero-order valence-corrected chi connectivity index (χ0v) is 11.4. The molecule has 1 aromatic rings. The first kappa shape index (κ1) is 13.6. The van der Waals surface area contributed by atoms with Crippen molar-refractivity contribution >= 4 is 17.3 Å². The summed E-state index contributed by atoms with van der Waals surface area (Å²) in [5.41, 5.74) is 0.372. The van der Waals surface area contributed by atoms with Gasteiger partial charge in [-0.1, -0.05) is 13.3 Å². The molecular formula is C13H20N4O2. The lowest BCUT2D eigenvalue weighted by Gasteiger charge is -2.38. The summed E-state index contributed by atoms with van der Waals surface area (Å²) in [7, 11) is 0.